The van der Waals surface area contributed by atoms with Gasteiger partial charge in [-0.15, -0.1) is 6.58 Å². The molecule has 3 fully saturated rings. The van der Waals surface area contributed by atoms with Crippen LogP contribution in [-0.2, 0) is 13.1 Å². The van der Waals surface area contributed by atoms with E-state index in [2.05, 4.69) is 91.7 Å². The van der Waals surface area contributed by atoms with Crippen LogP contribution in [0.2, 0.25) is 0 Å². The van der Waals surface area contributed by atoms with Gasteiger partial charge in [-0.2, -0.15) is 4.57 Å². The molecule has 46 heavy (non-hydrogen) atoms. The van der Waals surface area contributed by atoms with Crippen molar-refractivity contribution in [1.82, 2.24) is 0 Å². The Hall–Kier alpha value is -1.95. The van der Waals surface area contributed by atoms with Crippen LogP contribution in [0.15, 0.2) is 88.5 Å². The van der Waals surface area contributed by atoms with Crippen molar-refractivity contribution >= 4 is 42.8 Å². The van der Waals surface area contributed by atoms with Gasteiger partial charge in [0.1, 0.15) is 35.9 Å². The summed E-state index contributed by atoms with van der Waals surface area (Å²) in [6.45, 7) is 7.66. The van der Waals surface area contributed by atoms with Gasteiger partial charge in [0, 0.05) is 56.5 Å². The number of fused-ring (bicyclic) bond motifs is 4. The van der Waals surface area contributed by atoms with E-state index in [4.69, 9.17) is 14.2 Å². The van der Waals surface area contributed by atoms with Crippen LogP contribution in [0.5, 0.6) is 17.2 Å². The molecule has 7 rings (SSSR count). The molecule has 6 nitrogen and oxygen atoms in total. The first-order valence-corrected chi connectivity index (χ1v) is 16.7. The maximum absolute atomic E-state index is 12.4. The number of halogens is 4. The Balaban J connectivity index is 0.00000240. The summed E-state index contributed by atoms with van der Waals surface area (Å²) in [4.78, 5) is 0. The van der Waals surface area contributed by atoms with Gasteiger partial charge in [-0.25, -0.2) is 0 Å². The van der Waals surface area contributed by atoms with Crippen LogP contribution in [0.25, 0.3) is 10.9 Å². The van der Waals surface area contributed by atoms with Crippen LogP contribution in [0.4, 0.5) is 0 Å². The van der Waals surface area contributed by atoms with E-state index in [0.717, 1.165) is 85.2 Å². The summed E-state index contributed by atoms with van der Waals surface area (Å²) in [5, 5.41) is 13.4. The third kappa shape index (κ3) is 7.08. The van der Waals surface area contributed by atoms with Crippen molar-refractivity contribution in [1.29, 1.82) is 0 Å². The summed E-state index contributed by atoms with van der Waals surface area (Å²) in [5.74, 6) is 3.40. The SMILES string of the molecule is C=C[C@@H]1C[N@+]2(Cc3cc(OC)ccc3Br)CC[C@H]1C[C@@H]2[C@@H](O)c1cc[n+](Cc2cc(OC)ccc2Br)c2ccc(OC)cc12.[Br-].[Br-]. The van der Waals surface area contributed by atoms with Crippen molar-refractivity contribution in [2.45, 2.75) is 38.1 Å². The third-order valence-electron chi connectivity index (χ3n) is 9.95. The van der Waals surface area contributed by atoms with E-state index in [9.17, 15) is 5.11 Å². The Kier molecular flexibility index (Phi) is 12.4. The molecule has 2 bridgehead atoms. The number of ether oxygens (including phenoxy) is 3. The number of rotatable bonds is 10. The van der Waals surface area contributed by atoms with Crippen molar-refractivity contribution < 1.29 is 62.3 Å². The fraction of sp³-hybridized carbons (Fsp3) is 0.361. The topological polar surface area (TPSA) is 51.8 Å². The minimum absolute atomic E-state index is 0. The fourth-order valence-corrected chi connectivity index (χ4v) is 8.31. The number of hydrogen-bond donors (Lipinski definition) is 1. The number of aliphatic hydroxyl groups is 1. The molecule has 246 valence electrons. The molecule has 3 aliphatic rings. The van der Waals surface area contributed by atoms with Crippen molar-refractivity contribution in [3.63, 3.8) is 0 Å². The zero-order chi connectivity index (χ0) is 31.0. The van der Waals surface area contributed by atoms with E-state index in [1.54, 1.807) is 21.3 Å². The Morgan fingerprint density at radius 3 is 2.17 bits per heavy atom. The largest absolute Gasteiger partial charge is 1.00 e. The number of benzene rings is 3. The van der Waals surface area contributed by atoms with E-state index in [-0.39, 0.29) is 40.0 Å². The molecule has 5 atom stereocenters. The molecule has 0 spiro atoms. The lowest BCUT2D eigenvalue weighted by molar-refractivity contribution is -0.985. The molecule has 4 heterocycles. The standard InChI is InChI=1S/C36H40Br2N2O4.2BrH/c1-5-23-21-40(22-26-17-28(43-3)7-10-33(26)38)15-13-24(23)18-35(40)36(41)30-12-14-39(34-11-8-29(44-4)19-31(30)34)20-25-16-27(42-2)6-9-32(25)37;;/h5-12,14,16-17,19,23-24,35-36,41H,1,13,15,18,20-22H2,2-4H3;2*1H/q+2;;/p-2/t23-,24+,35-,36+,40+;;/m1../s1. The molecular formula is C36H40Br4N2O4. The number of hydrogen-bond acceptors (Lipinski definition) is 4. The van der Waals surface area contributed by atoms with Gasteiger partial charge in [0.2, 0.25) is 5.52 Å². The summed E-state index contributed by atoms with van der Waals surface area (Å²) in [5.41, 5.74) is 4.29. The number of piperidine rings is 3. The van der Waals surface area contributed by atoms with Gasteiger partial charge in [0.25, 0.3) is 0 Å². The first-order chi connectivity index (χ1) is 21.3. The summed E-state index contributed by atoms with van der Waals surface area (Å²) in [6, 6.07) is 20.5. The molecule has 3 aromatic carbocycles. The first-order valence-electron chi connectivity index (χ1n) is 15.1. The lowest BCUT2D eigenvalue weighted by Gasteiger charge is -2.58. The minimum atomic E-state index is -0.652. The molecule has 0 saturated carbocycles. The van der Waals surface area contributed by atoms with E-state index < -0.39 is 6.10 Å². The van der Waals surface area contributed by atoms with Crippen LogP contribution in [0.1, 0.15) is 35.6 Å². The van der Waals surface area contributed by atoms with Crippen molar-refractivity contribution in [3.05, 3.63) is 105 Å². The van der Waals surface area contributed by atoms with Crippen LogP contribution >= 0.6 is 31.9 Å². The Bertz CT molecular complexity index is 1700. The van der Waals surface area contributed by atoms with E-state index in [0.29, 0.717) is 18.4 Å². The van der Waals surface area contributed by atoms with Gasteiger partial charge in [0.05, 0.1) is 39.8 Å². The molecular weight excluding hydrogens is 844 g/mol. The zero-order valence-electron chi connectivity index (χ0n) is 26.3. The number of aliphatic hydroxyl groups excluding tert-OH is 1. The maximum Gasteiger partial charge on any atom is 0.213 e. The second-order valence-electron chi connectivity index (χ2n) is 12.2. The van der Waals surface area contributed by atoms with Gasteiger partial charge in [-0.3, -0.25) is 0 Å². The number of aromatic nitrogens is 1. The molecule has 3 aliphatic heterocycles. The second-order valence-corrected chi connectivity index (χ2v) is 13.9. The number of methoxy groups -OCH3 is 3. The maximum atomic E-state index is 12.4. The highest BCUT2D eigenvalue weighted by Crippen LogP contribution is 2.48. The molecule has 4 aromatic rings. The lowest BCUT2D eigenvalue weighted by Crippen LogP contribution is -3.00. The van der Waals surface area contributed by atoms with Gasteiger partial charge < -0.3 is 57.8 Å². The molecule has 1 N–H and O–H groups in total. The first kappa shape index (κ1) is 36.9. The Morgan fingerprint density at radius 2 is 1.52 bits per heavy atom. The van der Waals surface area contributed by atoms with Crippen LogP contribution in [0.3, 0.4) is 0 Å². The van der Waals surface area contributed by atoms with Crippen LogP contribution in [0, 0.1) is 11.8 Å². The Morgan fingerprint density at radius 1 is 0.913 bits per heavy atom. The molecule has 0 unspecified atom stereocenters. The van der Waals surface area contributed by atoms with Crippen molar-refractivity contribution in [2.75, 3.05) is 34.4 Å². The quantitative estimate of drug-likeness (QED) is 0.149. The average Bonchev–Trinajstić information content (AvgIpc) is 3.06. The third-order valence-corrected chi connectivity index (χ3v) is 11.5. The van der Waals surface area contributed by atoms with E-state index in [1.807, 2.05) is 24.3 Å². The molecule has 1 aromatic heterocycles. The van der Waals surface area contributed by atoms with Gasteiger partial charge in [-0.1, -0.05) is 37.9 Å². The predicted molar refractivity (Wildman–Crippen MR) is 180 cm³/mol. The van der Waals surface area contributed by atoms with Gasteiger partial charge >= 0.3 is 0 Å². The highest BCUT2D eigenvalue weighted by molar-refractivity contribution is 9.10. The fourth-order valence-electron chi connectivity index (χ4n) is 7.57. The lowest BCUT2D eigenvalue weighted by atomic mass is 9.71. The van der Waals surface area contributed by atoms with Crippen LogP contribution < -0.4 is 52.7 Å². The summed E-state index contributed by atoms with van der Waals surface area (Å²) in [7, 11) is 5.08. The molecule has 0 radical (unpaired) electrons. The molecule has 0 amide bonds. The van der Waals surface area contributed by atoms with E-state index in [1.165, 1.54) is 5.56 Å². The molecule has 3 saturated heterocycles. The highest BCUT2D eigenvalue weighted by Gasteiger charge is 2.54. The summed E-state index contributed by atoms with van der Waals surface area (Å²) >= 11 is 7.53. The minimum Gasteiger partial charge on any atom is -1.00 e. The summed E-state index contributed by atoms with van der Waals surface area (Å²) in [6.07, 6.45) is 5.69. The number of quaternary nitrogens is 1. The van der Waals surface area contributed by atoms with Gasteiger partial charge in [-0.05, 0) is 54.4 Å². The second kappa shape index (κ2) is 15.5. The number of nitrogens with zero attached hydrogens (tertiary/aromatic N) is 2. The monoisotopic (exact) mass is 880 g/mol. The van der Waals surface area contributed by atoms with Crippen molar-refractivity contribution in [2.24, 2.45) is 11.8 Å². The average molecular weight is 884 g/mol. The van der Waals surface area contributed by atoms with Crippen LogP contribution in [-0.4, -0.2) is 50.1 Å². The summed E-state index contributed by atoms with van der Waals surface area (Å²) < 4.78 is 21.9. The molecule has 10 heteroatoms. The highest BCUT2D eigenvalue weighted by atomic mass is 79.9. The predicted octanol–water partition coefficient (Wildman–Crippen LogP) is 1.38. The normalized spacial score (nSPS) is 22.3. The number of pyridine rings is 1. The zero-order valence-corrected chi connectivity index (χ0v) is 32.6. The van der Waals surface area contributed by atoms with Crippen molar-refractivity contribution in [3.8, 4) is 17.2 Å². The van der Waals surface area contributed by atoms with Gasteiger partial charge in [0.15, 0.2) is 12.7 Å². The van der Waals surface area contributed by atoms with E-state index >= 15 is 0 Å². The smallest absolute Gasteiger partial charge is 0.213 e. The molecule has 0 aliphatic carbocycles. The Labute approximate surface area is 309 Å².